The first-order valence-corrected chi connectivity index (χ1v) is 12.2. The van der Waals surface area contributed by atoms with Gasteiger partial charge in [-0.15, -0.1) is 0 Å². The van der Waals surface area contributed by atoms with Gasteiger partial charge < -0.3 is 9.64 Å². The second-order valence-electron chi connectivity index (χ2n) is 7.96. The highest BCUT2D eigenvalue weighted by atomic mass is 32.2. The van der Waals surface area contributed by atoms with E-state index in [4.69, 9.17) is 4.74 Å². The molecular weight excluding hydrogens is 419 g/mol. The van der Waals surface area contributed by atoms with Crippen LogP contribution >= 0.6 is 0 Å². The highest BCUT2D eigenvalue weighted by Gasteiger charge is 2.29. The molecule has 1 fully saturated rings. The summed E-state index contributed by atoms with van der Waals surface area (Å²) in [5.41, 5.74) is 1.71. The lowest BCUT2D eigenvalue weighted by molar-refractivity contribution is -0.118. The number of hydrogen-bond donors (Lipinski definition) is 0. The van der Waals surface area contributed by atoms with E-state index in [1.807, 2.05) is 0 Å². The Morgan fingerprint density at radius 2 is 1.74 bits per heavy atom. The van der Waals surface area contributed by atoms with Crippen molar-refractivity contribution in [2.75, 3.05) is 31.1 Å². The molecule has 0 aromatic heterocycles. The molecule has 0 N–H and O–H groups in total. The predicted molar refractivity (Wildman–Crippen MR) is 116 cm³/mol. The fourth-order valence-electron chi connectivity index (χ4n) is 4.15. The molecule has 1 amide bonds. The maximum atomic E-state index is 12.9. The van der Waals surface area contributed by atoms with Gasteiger partial charge in [0.15, 0.2) is 0 Å². The SMILES string of the molecule is O=C(CCCOc1ccc(F)cc1)N1CCCc2cc(S(=O)(=O)N3CCCC3)ccc21. The third-order valence-electron chi connectivity index (χ3n) is 5.79. The number of ether oxygens (including phenoxy) is 1. The Kier molecular flexibility index (Phi) is 6.57. The van der Waals surface area contributed by atoms with Gasteiger partial charge in [-0.05, 0) is 80.1 Å². The lowest BCUT2D eigenvalue weighted by Crippen LogP contribution is -2.36. The van der Waals surface area contributed by atoms with Gasteiger partial charge in [-0.3, -0.25) is 4.79 Å². The molecule has 2 aromatic carbocycles. The molecule has 0 bridgehead atoms. The molecule has 0 atom stereocenters. The van der Waals surface area contributed by atoms with Crippen LogP contribution in [0.5, 0.6) is 5.75 Å². The Bertz CT molecular complexity index is 1030. The first kappa shape index (κ1) is 21.8. The number of fused-ring (bicyclic) bond motifs is 1. The van der Waals surface area contributed by atoms with Gasteiger partial charge in [0, 0.05) is 31.7 Å². The van der Waals surface area contributed by atoms with E-state index in [-0.39, 0.29) is 11.7 Å². The number of anilines is 1. The van der Waals surface area contributed by atoms with Crippen molar-refractivity contribution in [2.24, 2.45) is 0 Å². The lowest BCUT2D eigenvalue weighted by atomic mass is 10.0. The average molecular weight is 447 g/mol. The normalized spacial score (nSPS) is 16.9. The molecule has 6 nitrogen and oxygen atoms in total. The molecule has 0 unspecified atom stereocenters. The van der Waals surface area contributed by atoms with Crippen LogP contribution < -0.4 is 9.64 Å². The molecule has 31 heavy (non-hydrogen) atoms. The van der Waals surface area contributed by atoms with E-state index in [0.717, 1.165) is 36.9 Å². The highest BCUT2D eigenvalue weighted by Crippen LogP contribution is 2.31. The number of rotatable bonds is 7. The van der Waals surface area contributed by atoms with E-state index < -0.39 is 10.0 Å². The van der Waals surface area contributed by atoms with E-state index in [1.54, 1.807) is 39.5 Å². The zero-order chi connectivity index (χ0) is 21.8. The summed E-state index contributed by atoms with van der Waals surface area (Å²) in [6.07, 6.45) is 4.24. The third-order valence-corrected chi connectivity index (χ3v) is 7.69. The number of sulfonamides is 1. The Labute approximate surface area is 182 Å². The van der Waals surface area contributed by atoms with Crippen molar-refractivity contribution in [3.63, 3.8) is 0 Å². The molecule has 0 radical (unpaired) electrons. The predicted octanol–water partition coefficient (Wildman–Crippen LogP) is 3.75. The molecular formula is C23H27FN2O4S. The van der Waals surface area contributed by atoms with E-state index in [1.165, 1.54) is 12.1 Å². The Hall–Kier alpha value is -2.45. The van der Waals surface area contributed by atoms with Crippen LogP contribution in [-0.2, 0) is 21.2 Å². The van der Waals surface area contributed by atoms with Gasteiger partial charge in [-0.1, -0.05) is 0 Å². The molecule has 2 aromatic rings. The molecule has 2 aliphatic rings. The van der Waals surface area contributed by atoms with Crippen LogP contribution in [0, 0.1) is 5.82 Å². The standard InChI is InChI=1S/C23H27FN2O4S/c24-19-7-9-20(10-8-19)30-16-4-6-23(27)26-15-3-5-18-17-21(11-12-22(18)26)31(28,29)25-13-1-2-14-25/h7-12,17H,1-6,13-16H2. The Balaban J connectivity index is 1.38. The molecule has 0 spiro atoms. The van der Waals surface area contributed by atoms with Gasteiger partial charge in [-0.2, -0.15) is 4.31 Å². The van der Waals surface area contributed by atoms with Gasteiger partial charge in [0.1, 0.15) is 11.6 Å². The van der Waals surface area contributed by atoms with Crippen molar-refractivity contribution in [3.05, 3.63) is 53.8 Å². The summed E-state index contributed by atoms with van der Waals surface area (Å²) in [6.45, 7) is 2.14. The number of halogens is 1. The second-order valence-corrected chi connectivity index (χ2v) is 9.89. The summed E-state index contributed by atoms with van der Waals surface area (Å²) in [5, 5.41) is 0. The largest absolute Gasteiger partial charge is 0.494 e. The van der Waals surface area contributed by atoms with Gasteiger partial charge in [0.25, 0.3) is 0 Å². The minimum absolute atomic E-state index is 0.00111. The van der Waals surface area contributed by atoms with Gasteiger partial charge in [0.05, 0.1) is 11.5 Å². The number of carbonyl (C=O) groups excluding carboxylic acids is 1. The lowest BCUT2D eigenvalue weighted by Gasteiger charge is -2.30. The van der Waals surface area contributed by atoms with Crippen LogP contribution in [0.3, 0.4) is 0 Å². The minimum Gasteiger partial charge on any atom is -0.494 e. The van der Waals surface area contributed by atoms with E-state index in [2.05, 4.69) is 0 Å². The Morgan fingerprint density at radius 1 is 1.00 bits per heavy atom. The number of amides is 1. The summed E-state index contributed by atoms with van der Waals surface area (Å²) < 4.78 is 45.8. The number of benzene rings is 2. The van der Waals surface area contributed by atoms with Crippen LogP contribution in [-0.4, -0.2) is 44.9 Å². The maximum Gasteiger partial charge on any atom is 0.243 e. The van der Waals surface area contributed by atoms with Gasteiger partial charge in [-0.25, -0.2) is 12.8 Å². The van der Waals surface area contributed by atoms with Crippen LogP contribution in [0.15, 0.2) is 47.4 Å². The molecule has 2 aliphatic heterocycles. The summed E-state index contributed by atoms with van der Waals surface area (Å²) in [6, 6.07) is 10.9. The smallest absolute Gasteiger partial charge is 0.243 e. The first-order chi connectivity index (χ1) is 14.9. The number of hydrogen-bond acceptors (Lipinski definition) is 4. The zero-order valence-corrected chi connectivity index (χ0v) is 18.2. The second kappa shape index (κ2) is 9.36. The quantitative estimate of drug-likeness (QED) is 0.608. The highest BCUT2D eigenvalue weighted by molar-refractivity contribution is 7.89. The molecule has 166 valence electrons. The number of carbonyl (C=O) groups is 1. The summed E-state index contributed by atoms with van der Waals surface area (Å²) in [5.74, 6) is 0.255. The maximum absolute atomic E-state index is 12.9. The van der Waals surface area contributed by atoms with Gasteiger partial charge in [0.2, 0.25) is 15.9 Å². The first-order valence-electron chi connectivity index (χ1n) is 10.8. The Morgan fingerprint density at radius 3 is 2.48 bits per heavy atom. The van der Waals surface area contributed by atoms with Crippen LogP contribution in [0.4, 0.5) is 10.1 Å². The van der Waals surface area contributed by atoms with Crippen molar-refractivity contribution in [1.29, 1.82) is 0 Å². The molecule has 1 saturated heterocycles. The van der Waals surface area contributed by atoms with Crippen LogP contribution in [0.2, 0.25) is 0 Å². The molecule has 8 heteroatoms. The summed E-state index contributed by atoms with van der Waals surface area (Å²) in [7, 11) is -3.47. The monoisotopic (exact) mass is 446 g/mol. The molecule has 4 rings (SSSR count). The van der Waals surface area contributed by atoms with Crippen LogP contribution in [0.25, 0.3) is 0 Å². The topological polar surface area (TPSA) is 66.9 Å². The van der Waals surface area contributed by atoms with Gasteiger partial charge >= 0.3 is 0 Å². The third kappa shape index (κ3) is 4.91. The number of aryl methyl sites for hydroxylation is 1. The van der Waals surface area contributed by atoms with Crippen molar-refractivity contribution < 1.29 is 22.3 Å². The van der Waals surface area contributed by atoms with Crippen molar-refractivity contribution in [2.45, 2.75) is 43.4 Å². The summed E-state index contributed by atoms with van der Waals surface area (Å²) >= 11 is 0. The van der Waals surface area contributed by atoms with Crippen LogP contribution in [0.1, 0.15) is 37.7 Å². The minimum atomic E-state index is -3.47. The molecule has 0 aliphatic carbocycles. The average Bonchev–Trinajstić information content (AvgIpc) is 3.33. The summed E-state index contributed by atoms with van der Waals surface area (Å²) in [4.78, 5) is 14.9. The van der Waals surface area contributed by atoms with E-state index >= 15 is 0 Å². The number of nitrogens with zero attached hydrogens (tertiary/aromatic N) is 2. The van der Waals surface area contributed by atoms with Crippen molar-refractivity contribution in [1.82, 2.24) is 4.31 Å². The molecule has 0 saturated carbocycles. The van der Waals surface area contributed by atoms with Crippen molar-refractivity contribution >= 4 is 21.6 Å². The fourth-order valence-corrected chi connectivity index (χ4v) is 5.72. The van der Waals surface area contributed by atoms with E-state index in [0.29, 0.717) is 49.7 Å². The molecule has 2 heterocycles. The van der Waals surface area contributed by atoms with Crippen molar-refractivity contribution in [3.8, 4) is 5.75 Å². The zero-order valence-electron chi connectivity index (χ0n) is 17.4. The fraction of sp³-hybridized carbons (Fsp3) is 0.435. The van der Waals surface area contributed by atoms with E-state index in [9.17, 15) is 17.6 Å².